The quantitative estimate of drug-likeness (QED) is 0.882. The SMILES string of the molecule is O=C(O)[C@@H]1COC(c2ccc(OCc3ccsc3)cc2O)=N1. The second-order valence-electron chi connectivity index (χ2n) is 4.70. The molecule has 2 heterocycles. The van der Waals surface area contributed by atoms with Crippen molar-refractivity contribution in [2.75, 3.05) is 6.61 Å². The number of phenolic OH excluding ortho intramolecular Hbond substituents is 1. The van der Waals surface area contributed by atoms with E-state index in [0.717, 1.165) is 5.56 Å². The number of carboxylic acid groups (broad SMARTS) is 1. The van der Waals surface area contributed by atoms with Crippen LogP contribution in [0.1, 0.15) is 11.1 Å². The van der Waals surface area contributed by atoms with Crippen LogP contribution >= 0.6 is 11.3 Å². The van der Waals surface area contributed by atoms with E-state index in [0.29, 0.717) is 17.9 Å². The number of benzene rings is 1. The van der Waals surface area contributed by atoms with Gasteiger partial charge >= 0.3 is 5.97 Å². The van der Waals surface area contributed by atoms with Gasteiger partial charge in [-0.1, -0.05) is 0 Å². The number of aromatic hydroxyl groups is 1. The van der Waals surface area contributed by atoms with E-state index in [1.807, 2.05) is 16.8 Å². The number of phenols is 1. The van der Waals surface area contributed by atoms with Crippen LogP contribution < -0.4 is 4.74 Å². The highest BCUT2D eigenvalue weighted by molar-refractivity contribution is 7.07. The molecule has 7 heteroatoms. The van der Waals surface area contributed by atoms with Gasteiger partial charge < -0.3 is 19.7 Å². The summed E-state index contributed by atoms with van der Waals surface area (Å²) in [5.41, 5.74) is 1.41. The number of carbonyl (C=O) groups is 1. The summed E-state index contributed by atoms with van der Waals surface area (Å²) in [7, 11) is 0. The fraction of sp³-hybridized carbons (Fsp3) is 0.200. The van der Waals surface area contributed by atoms with Crippen LogP contribution in [0.25, 0.3) is 0 Å². The van der Waals surface area contributed by atoms with E-state index in [2.05, 4.69) is 4.99 Å². The van der Waals surface area contributed by atoms with Crippen LogP contribution in [-0.4, -0.2) is 34.7 Å². The number of aliphatic imine (C=N–C) groups is 1. The van der Waals surface area contributed by atoms with Gasteiger partial charge in [0.25, 0.3) is 0 Å². The van der Waals surface area contributed by atoms with E-state index < -0.39 is 12.0 Å². The molecule has 0 fully saturated rings. The normalized spacial score (nSPS) is 16.9. The van der Waals surface area contributed by atoms with E-state index in [4.69, 9.17) is 14.6 Å². The Morgan fingerprint density at radius 3 is 2.95 bits per heavy atom. The van der Waals surface area contributed by atoms with Gasteiger partial charge in [0, 0.05) is 6.07 Å². The molecular formula is C15H13NO5S. The average molecular weight is 319 g/mol. The zero-order chi connectivity index (χ0) is 15.5. The highest BCUT2D eigenvalue weighted by Crippen LogP contribution is 2.27. The number of aliphatic carboxylic acids is 1. The maximum Gasteiger partial charge on any atom is 0.332 e. The van der Waals surface area contributed by atoms with Crippen molar-refractivity contribution >= 4 is 23.2 Å². The second kappa shape index (κ2) is 6.07. The van der Waals surface area contributed by atoms with E-state index in [9.17, 15) is 9.90 Å². The van der Waals surface area contributed by atoms with Crippen molar-refractivity contribution in [3.8, 4) is 11.5 Å². The highest BCUT2D eigenvalue weighted by atomic mass is 32.1. The van der Waals surface area contributed by atoms with Crippen LogP contribution in [-0.2, 0) is 16.1 Å². The third-order valence-corrected chi connectivity index (χ3v) is 3.85. The smallest absolute Gasteiger partial charge is 0.332 e. The van der Waals surface area contributed by atoms with Crippen LogP contribution in [0, 0.1) is 0 Å². The Hall–Kier alpha value is -2.54. The molecule has 22 heavy (non-hydrogen) atoms. The second-order valence-corrected chi connectivity index (χ2v) is 5.48. The van der Waals surface area contributed by atoms with Crippen molar-refractivity contribution in [1.29, 1.82) is 0 Å². The minimum absolute atomic E-state index is 0.0273. The van der Waals surface area contributed by atoms with Crippen molar-refractivity contribution in [2.24, 2.45) is 4.99 Å². The molecule has 114 valence electrons. The van der Waals surface area contributed by atoms with E-state index in [-0.39, 0.29) is 18.3 Å². The van der Waals surface area contributed by atoms with Crippen molar-refractivity contribution in [1.82, 2.24) is 0 Å². The molecule has 0 spiro atoms. The summed E-state index contributed by atoms with van der Waals surface area (Å²) < 4.78 is 10.8. The first-order valence-corrected chi connectivity index (χ1v) is 7.48. The summed E-state index contributed by atoms with van der Waals surface area (Å²) in [6, 6.07) is 5.78. The molecule has 1 aliphatic heterocycles. The third-order valence-electron chi connectivity index (χ3n) is 3.12. The minimum Gasteiger partial charge on any atom is -0.507 e. The standard InChI is InChI=1S/C15H13NO5S/c17-13-5-10(20-6-9-3-4-22-8-9)1-2-11(13)14-16-12(7-21-14)15(18)19/h1-5,8,12,17H,6-7H2,(H,18,19)/t12-/m0/s1. The van der Waals surface area contributed by atoms with Crippen LogP contribution in [0.2, 0.25) is 0 Å². The molecule has 1 aromatic carbocycles. The van der Waals surface area contributed by atoms with Gasteiger partial charge in [0.15, 0.2) is 6.04 Å². The fourth-order valence-electron chi connectivity index (χ4n) is 1.97. The Balaban J connectivity index is 1.72. The Morgan fingerprint density at radius 1 is 1.45 bits per heavy atom. The topological polar surface area (TPSA) is 88.4 Å². The van der Waals surface area contributed by atoms with Gasteiger partial charge in [-0.25, -0.2) is 9.79 Å². The van der Waals surface area contributed by atoms with Gasteiger partial charge in [0.1, 0.15) is 24.7 Å². The van der Waals surface area contributed by atoms with Gasteiger partial charge in [0.2, 0.25) is 5.90 Å². The zero-order valence-electron chi connectivity index (χ0n) is 11.4. The summed E-state index contributed by atoms with van der Waals surface area (Å²) in [4.78, 5) is 14.8. The Labute approximate surface area is 130 Å². The molecular weight excluding hydrogens is 306 g/mol. The number of rotatable bonds is 5. The molecule has 6 nitrogen and oxygen atoms in total. The molecule has 1 aromatic heterocycles. The first-order valence-electron chi connectivity index (χ1n) is 6.54. The largest absolute Gasteiger partial charge is 0.507 e. The molecule has 2 N–H and O–H groups in total. The number of hydrogen-bond donors (Lipinski definition) is 2. The number of hydrogen-bond acceptors (Lipinski definition) is 6. The van der Waals surface area contributed by atoms with E-state index in [1.54, 1.807) is 23.5 Å². The average Bonchev–Trinajstić information content (AvgIpc) is 3.17. The summed E-state index contributed by atoms with van der Waals surface area (Å²) >= 11 is 1.59. The molecule has 0 saturated carbocycles. The molecule has 0 radical (unpaired) electrons. The highest BCUT2D eigenvalue weighted by Gasteiger charge is 2.27. The van der Waals surface area contributed by atoms with Gasteiger partial charge in [-0.05, 0) is 34.5 Å². The number of thiophene rings is 1. The fourth-order valence-corrected chi connectivity index (χ4v) is 2.62. The molecule has 3 rings (SSSR count). The lowest BCUT2D eigenvalue weighted by Gasteiger charge is -2.08. The van der Waals surface area contributed by atoms with Crippen molar-refractivity contribution in [2.45, 2.75) is 12.6 Å². The molecule has 0 saturated heterocycles. The molecule has 2 aromatic rings. The number of carboxylic acids is 1. The van der Waals surface area contributed by atoms with Crippen molar-refractivity contribution < 1.29 is 24.5 Å². The first-order chi connectivity index (χ1) is 10.6. The zero-order valence-corrected chi connectivity index (χ0v) is 12.2. The summed E-state index contributed by atoms with van der Waals surface area (Å²) in [6.07, 6.45) is 0. The lowest BCUT2D eigenvalue weighted by Crippen LogP contribution is -2.18. The van der Waals surface area contributed by atoms with Crippen LogP contribution in [0.5, 0.6) is 11.5 Å². The Bertz CT molecular complexity index is 711. The molecule has 1 atom stereocenters. The number of nitrogens with zero attached hydrogens (tertiary/aromatic N) is 1. The monoisotopic (exact) mass is 319 g/mol. The maximum atomic E-state index is 10.8. The third kappa shape index (κ3) is 3.04. The number of ether oxygens (including phenoxy) is 2. The predicted octanol–water partition coefficient (Wildman–Crippen LogP) is 2.26. The molecule has 0 bridgehead atoms. The van der Waals surface area contributed by atoms with Gasteiger partial charge in [-0.3, -0.25) is 0 Å². The molecule has 0 amide bonds. The first kappa shape index (κ1) is 14.4. The van der Waals surface area contributed by atoms with Crippen LogP contribution in [0.15, 0.2) is 40.0 Å². The molecule has 1 aliphatic rings. The van der Waals surface area contributed by atoms with E-state index in [1.165, 1.54) is 6.07 Å². The van der Waals surface area contributed by atoms with Crippen LogP contribution in [0.4, 0.5) is 0 Å². The van der Waals surface area contributed by atoms with Gasteiger partial charge in [-0.2, -0.15) is 11.3 Å². The minimum atomic E-state index is -1.05. The summed E-state index contributed by atoms with van der Waals surface area (Å²) in [5.74, 6) is -0.465. The maximum absolute atomic E-state index is 10.8. The molecule has 0 aliphatic carbocycles. The Kier molecular flexibility index (Phi) is 3.97. The lowest BCUT2D eigenvalue weighted by atomic mass is 10.2. The lowest BCUT2D eigenvalue weighted by molar-refractivity contribution is -0.138. The van der Waals surface area contributed by atoms with Crippen molar-refractivity contribution in [3.63, 3.8) is 0 Å². The summed E-state index contributed by atoms with van der Waals surface area (Å²) in [6.45, 7) is 0.390. The van der Waals surface area contributed by atoms with E-state index >= 15 is 0 Å². The van der Waals surface area contributed by atoms with Crippen LogP contribution in [0.3, 0.4) is 0 Å². The Morgan fingerprint density at radius 2 is 2.32 bits per heavy atom. The van der Waals surface area contributed by atoms with Gasteiger partial charge in [-0.15, -0.1) is 0 Å². The van der Waals surface area contributed by atoms with Crippen molar-refractivity contribution in [3.05, 3.63) is 46.2 Å². The predicted molar refractivity (Wildman–Crippen MR) is 80.7 cm³/mol. The summed E-state index contributed by atoms with van der Waals surface area (Å²) in [5, 5.41) is 22.9. The molecule has 0 unspecified atom stereocenters. The van der Waals surface area contributed by atoms with Gasteiger partial charge in [0.05, 0.1) is 5.56 Å².